The summed E-state index contributed by atoms with van der Waals surface area (Å²) in [5.41, 5.74) is 2.13. The van der Waals surface area contributed by atoms with Gasteiger partial charge in [0, 0.05) is 11.0 Å². The van der Waals surface area contributed by atoms with Gasteiger partial charge in [0.1, 0.15) is 0 Å². The van der Waals surface area contributed by atoms with Crippen LogP contribution in [0.25, 0.3) is 0 Å². The lowest BCUT2D eigenvalue weighted by Crippen LogP contribution is -2.47. The Balaban J connectivity index is 1.95. The van der Waals surface area contributed by atoms with Crippen molar-refractivity contribution >= 4 is 11.8 Å². The average Bonchev–Trinajstić information content (AvgIpc) is 2.70. The molecule has 1 aromatic rings. The third-order valence-electron chi connectivity index (χ3n) is 3.90. The first-order valence-corrected chi connectivity index (χ1v) is 7.39. The summed E-state index contributed by atoms with van der Waals surface area (Å²) in [7, 11) is 0. The van der Waals surface area contributed by atoms with E-state index in [0.29, 0.717) is 5.25 Å². The molecule has 3 heteroatoms. The predicted molar refractivity (Wildman–Crippen MR) is 72.4 cm³/mol. The largest absolute Gasteiger partial charge is 0.387 e. The number of benzene rings is 1. The zero-order valence-electron chi connectivity index (χ0n) is 10.1. The number of thioether (sulfide) groups is 1. The van der Waals surface area contributed by atoms with Gasteiger partial charge in [-0.1, -0.05) is 31.2 Å². The molecular formula is C14H19NOS. The molecule has 92 valence electrons. The van der Waals surface area contributed by atoms with Crippen LogP contribution in [0, 0.1) is 0 Å². The van der Waals surface area contributed by atoms with Crippen molar-refractivity contribution in [2.24, 2.45) is 0 Å². The summed E-state index contributed by atoms with van der Waals surface area (Å²) >= 11 is 1.88. The Labute approximate surface area is 107 Å². The summed E-state index contributed by atoms with van der Waals surface area (Å²) in [5, 5.41) is 14.9. The molecule has 0 amide bonds. The molecule has 0 radical (unpaired) electrons. The van der Waals surface area contributed by atoms with E-state index in [1.54, 1.807) is 0 Å². The highest BCUT2D eigenvalue weighted by Crippen LogP contribution is 2.43. The normalized spacial score (nSPS) is 36.8. The molecule has 0 bridgehead atoms. The summed E-state index contributed by atoms with van der Waals surface area (Å²) in [6.07, 6.45) is 1.97. The van der Waals surface area contributed by atoms with Gasteiger partial charge in [-0.15, -0.1) is 0 Å². The lowest BCUT2D eigenvalue weighted by molar-refractivity contribution is 0.0200. The molecule has 0 saturated carbocycles. The van der Waals surface area contributed by atoms with Crippen LogP contribution in [-0.4, -0.2) is 28.3 Å². The Hall–Kier alpha value is -0.510. The molecule has 2 heterocycles. The van der Waals surface area contributed by atoms with Crippen molar-refractivity contribution < 1.29 is 5.11 Å². The van der Waals surface area contributed by atoms with Crippen LogP contribution < -0.4 is 5.32 Å². The molecule has 3 atom stereocenters. The van der Waals surface area contributed by atoms with Crippen LogP contribution in [0.4, 0.5) is 0 Å². The summed E-state index contributed by atoms with van der Waals surface area (Å²) < 4.78 is 0. The standard InChI is InChI=1S/C14H19NOS/c1-10-8-14(16,9-17-10)13-12-5-3-2-4-11(12)6-7-15-13/h2-5,10,13,15-16H,6-9H2,1H3. The minimum atomic E-state index is -0.569. The quantitative estimate of drug-likeness (QED) is 0.800. The molecule has 0 aromatic heterocycles. The number of rotatable bonds is 1. The van der Waals surface area contributed by atoms with Crippen LogP contribution in [0.3, 0.4) is 0 Å². The Morgan fingerprint density at radius 3 is 3.00 bits per heavy atom. The maximum atomic E-state index is 10.8. The fourth-order valence-electron chi connectivity index (χ4n) is 3.09. The molecule has 1 aromatic carbocycles. The third-order valence-corrected chi connectivity index (χ3v) is 5.31. The Kier molecular flexibility index (Phi) is 2.93. The monoisotopic (exact) mass is 249 g/mol. The second-order valence-electron chi connectivity index (χ2n) is 5.27. The highest BCUT2D eigenvalue weighted by atomic mass is 32.2. The van der Waals surface area contributed by atoms with E-state index < -0.39 is 5.60 Å². The Morgan fingerprint density at radius 2 is 2.24 bits per heavy atom. The van der Waals surface area contributed by atoms with Gasteiger partial charge in [-0.25, -0.2) is 0 Å². The van der Waals surface area contributed by atoms with Crippen molar-refractivity contribution in [1.82, 2.24) is 5.32 Å². The third kappa shape index (κ3) is 2.01. The van der Waals surface area contributed by atoms with Crippen LogP contribution in [-0.2, 0) is 6.42 Å². The SMILES string of the molecule is CC1CC(O)(C2NCCc3ccccc32)CS1. The van der Waals surface area contributed by atoms with Gasteiger partial charge in [0.05, 0.1) is 11.6 Å². The summed E-state index contributed by atoms with van der Waals surface area (Å²) in [4.78, 5) is 0. The van der Waals surface area contributed by atoms with Gasteiger partial charge < -0.3 is 10.4 Å². The molecule has 2 N–H and O–H groups in total. The first kappa shape index (κ1) is 11.6. The van der Waals surface area contributed by atoms with E-state index in [2.05, 4.69) is 36.5 Å². The van der Waals surface area contributed by atoms with E-state index in [1.165, 1.54) is 11.1 Å². The van der Waals surface area contributed by atoms with Gasteiger partial charge in [0.2, 0.25) is 0 Å². The number of hydrogen-bond donors (Lipinski definition) is 2. The molecule has 2 nitrogen and oxygen atoms in total. The van der Waals surface area contributed by atoms with Gasteiger partial charge in [0.15, 0.2) is 0 Å². The van der Waals surface area contributed by atoms with Crippen molar-refractivity contribution in [3.05, 3.63) is 35.4 Å². The van der Waals surface area contributed by atoms with Crippen molar-refractivity contribution in [3.8, 4) is 0 Å². The fraction of sp³-hybridized carbons (Fsp3) is 0.571. The number of hydrogen-bond acceptors (Lipinski definition) is 3. The van der Waals surface area contributed by atoms with Crippen LogP contribution >= 0.6 is 11.8 Å². The summed E-state index contributed by atoms with van der Waals surface area (Å²) in [5.74, 6) is 0.847. The first-order chi connectivity index (χ1) is 8.19. The molecule has 2 aliphatic heterocycles. The van der Waals surface area contributed by atoms with Crippen molar-refractivity contribution in [2.45, 2.75) is 36.7 Å². The number of aliphatic hydroxyl groups is 1. The molecular weight excluding hydrogens is 230 g/mol. The van der Waals surface area contributed by atoms with Crippen LogP contribution in [0.15, 0.2) is 24.3 Å². The van der Waals surface area contributed by atoms with E-state index in [0.717, 1.165) is 25.1 Å². The molecule has 0 spiro atoms. The van der Waals surface area contributed by atoms with Crippen molar-refractivity contribution in [2.75, 3.05) is 12.3 Å². The molecule has 1 fully saturated rings. The smallest absolute Gasteiger partial charge is 0.0941 e. The highest BCUT2D eigenvalue weighted by molar-refractivity contribution is 8.00. The van der Waals surface area contributed by atoms with Gasteiger partial charge in [-0.3, -0.25) is 0 Å². The first-order valence-electron chi connectivity index (χ1n) is 6.34. The molecule has 3 rings (SSSR count). The topological polar surface area (TPSA) is 32.3 Å². The molecule has 1 saturated heterocycles. The summed E-state index contributed by atoms with van der Waals surface area (Å²) in [6.45, 7) is 3.18. The molecule has 17 heavy (non-hydrogen) atoms. The molecule has 2 aliphatic rings. The van der Waals surface area contributed by atoms with Gasteiger partial charge in [-0.2, -0.15) is 11.8 Å². The number of fused-ring (bicyclic) bond motifs is 1. The highest BCUT2D eigenvalue weighted by Gasteiger charge is 2.44. The molecule has 0 aliphatic carbocycles. The zero-order chi connectivity index (χ0) is 11.9. The van der Waals surface area contributed by atoms with E-state index in [-0.39, 0.29) is 6.04 Å². The number of nitrogens with one attached hydrogen (secondary N) is 1. The maximum Gasteiger partial charge on any atom is 0.0941 e. The average molecular weight is 249 g/mol. The van der Waals surface area contributed by atoms with E-state index in [9.17, 15) is 5.11 Å². The maximum absolute atomic E-state index is 10.8. The van der Waals surface area contributed by atoms with Crippen molar-refractivity contribution in [3.63, 3.8) is 0 Å². The van der Waals surface area contributed by atoms with Crippen molar-refractivity contribution in [1.29, 1.82) is 0 Å². The Morgan fingerprint density at radius 1 is 1.41 bits per heavy atom. The lowest BCUT2D eigenvalue weighted by atomic mass is 9.82. The van der Waals surface area contributed by atoms with Crippen LogP contribution in [0.5, 0.6) is 0 Å². The zero-order valence-corrected chi connectivity index (χ0v) is 11.0. The lowest BCUT2D eigenvalue weighted by Gasteiger charge is -2.37. The van der Waals surface area contributed by atoms with Crippen LogP contribution in [0.1, 0.15) is 30.5 Å². The minimum Gasteiger partial charge on any atom is -0.387 e. The van der Waals surface area contributed by atoms with Gasteiger partial charge in [0.25, 0.3) is 0 Å². The minimum absolute atomic E-state index is 0.116. The Bertz CT molecular complexity index is 422. The van der Waals surface area contributed by atoms with Gasteiger partial charge in [-0.05, 0) is 30.5 Å². The van der Waals surface area contributed by atoms with E-state index in [4.69, 9.17) is 0 Å². The second kappa shape index (κ2) is 4.30. The molecule has 3 unspecified atom stereocenters. The van der Waals surface area contributed by atoms with E-state index in [1.807, 2.05) is 11.8 Å². The predicted octanol–water partition coefficient (Wildman–Crippen LogP) is 2.13. The van der Waals surface area contributed by atoms with Gasteiger partial charge >= 0.3 is 0 Å². The fourth-order valence-corrected chi connectivity index (χ4v) is 4.35. The van der Waals surface area contributed by atoms with E-state index >= 15 is 0 Å². The van der Waals surface area contributed by atoms with Crippen LogP contribution in [0.2, 0.25) is 0 Å². The second-order valence-corrected chi connectivity index (χ2v) is 6.69. The summed E-state index contributed by atoms with van der Waals surface area (Å²) in [6, 6.07) is 8.64.